The van der Waals surface area contributed by atoms with Crippen LogP contribution in [0.15, 0.2) is 30.5 Å². The van der Waals surface area contributed by atoms with Gasteiger partial charge in [0.1, 0.15) is 0 Å². The van der Waals surface area contributed by atoms with Crippen LogP contribution in [0, 0.1) is 0 Å². The normalized spacial score (nSPS) is 16.3. The maximum absolute atomic E-state index is 12.3. The third kappa shape index (κ3) is 4.52. The monoisotopic (exact) mass is 432 g/mol. The van der Waals surface area contributed by atoms with E-state index in [0.29, 0.717) is 42.8 Å². The van der Waals surface area contributed by atoms with E-state index < -0.39 is 0 Å². The molecule has 0 unspecified atom stereocenters. The first-order valence-electron chi connectivity index (χ1n) is 10.0. The zero-order chi connectivity index (χ0) is 20.2. The lowest BCUT2D eigenvalue weighted by atomic mass is 10.1. The van der Waals surface area contributed by atoms with Crippen molar-refractivity contribution in [3.63, 3.8) is 0 Å². The van der Waals surface area contributed by atoms with E-state index in [-0.39, 0.29) is 36.2 Å². The number of hydrogen-bond acceptors (Lipinski definition) is 6. The lowest BCUT2D eigenvalue weighted by Gasteiger charge is -2.22. The van der Waals surface area contributed by atoms with Crippen molar-refractivity contribution in [1.82, 2.24) is 30.5 Å². The number of fused-ring (bicyclic) bond motifs is 1. The number of hydrogen-bond donors (Lipinski definition) is 2. The summed E-state index contributed by atoms with van der Waals surface area (Å²) in [6, 6.07) is 7.14. The van der Waals surface area contributed by atoms with Gasteiger partial charge in [0.25, 0.3) is 17.7 Å². The lowest BCUT2D eigenvalue weighted by molar-refractivity contribution is 0.0650. The molecule has 160 valence electrons. The molecule has 2 aromatic rings. The van der Waals surface area contributed by atoms with Gasteiger partial charge >= 0.3 is 0 Å². The van der Waals surface area contributed by atoms with E-state index in [9.17, 15) is 14.4 Å². The number of halogens is 1. The molecule has 1 aromatic carbocycles. The van der Waals surface area contributed by atoms with Gasteiger partial charge < -0.3 is 10.6 Å². The van der Waals surface area contributed by atoms with Gasteiger partial charge in [0.15, 0.2) is 5.69 Å². The fourth-order valence-electron chi connectivity index (χ4n) is 3.76. The average Bonchev–Trinajstić information content (AvgIpc) is 3.34. The second-order valence-corrected chi connectivity index (χ2v) is 7.34. The molecule has 0 saturated carbocycles. The summed E-state index contributed by atoms with van der Waals surface area (Å²) in [5.74, 6) is -0.751. The molecule has 2 aliphatic rings. The van der Waals surface area contributed by atoms with Crippen LogP contribution in [0.4, 0.5) is 0 Å². The van der Waals surface area contributed by atoms with Crippen molar-refractivity contribution in [2.45, 2.75) is 31.7 Å². The van der Waals surface area contributed by atoms with Crippen LogP contribution in [-0.4, -0.2) is 63.8 Å². The molecule has 1 saturated heterocycles. The summed E-state index contributed by atoms with van der Waals surface area (Å²) >= 11 is 0. The molecular weight excluding hydrogens is 408 g/mol. The average molecular weight is 433 g/mol. The topological polar surface area (TPSA) is 109 Å². The van der Waals surface area contributed by atoms with E-state index >= 15 is 0 Å². The maximum Gasteiger partial charge on any atom is 0.273 e. The van der Waals surface area contributed by atoms with Crippen LogP contribution < -0.4 is 10.6 Å². The Labute approximate surface area is 180 Å². The van der Waals surface area contributed by atoms with Gasteiger partial charge in [-0.2, -0.15) is 0 Å². The van der Waals surface area contributed by atoms with Crippen LogP contribution in [0.3, 0.4) is 0 Å². The molecule has 2 N–H and O–H groups in total. The molecule has 30 heavy (non-hydrogen) atoms. The molecule has 0 bridgehead atoms. The van der Waals surface area contributed by atoms with Crippen molar-refractivity contribution in [3.05, 3.63) is 47.3 Å². The minimum Gasteiger partial charge on any atom is -0.351 e. The van der Waals surface area contributed by atoms with E-state index in [1.54, 1.807) is 35.1 Å². The largest absolute Gasteiger partial charge is 0.351 e. The molecule has 2 aliphatic heterocycles. The predicted octanol–water partition coefficient (Wildman–Crippen LogP) is 1.43. The van der Waals surface area contributed by atoms with Gasteiger partial charge in [-0.05, 0) is 50.9 Å². The van der Waals surface area contributed by atoms with Crippen molar-refractivity contribution in [1.29, 1.82) is 0 Å². The lowest BCUT2D eigenvalue weighted by Crippen LogP contribution is -2.31. The van der Waals surface area contributed by atoms with E-state index in [1.807, 2.05) is 0 Å². The van der Waals surface area contributed by atoms with Crippen LogP contribution in [0.1, 0.15) is 62.9 Å². The minimum atomic E-state index is -0.258. The third-order valence-electron chi connectivity index (χ3n) is 5.40. The number of aromatic nitrogens is 3. The number of carbonyl (C=O) groups excluding carboxylic acids is 3. The standard InChI is InChI=1S/C20H24N6O3.ClH/c27-18(17-13-26(24-23-17)14-7-10-21-11-8-14)22-9-3-4-12-25-19(28)15-5-1-2-6-16(15)20(25)29;/h1-2,5-6,13-14,21H,3-4,7-12H2,(H,22,27);1H. The minimum absolute atomic E-state index is 0. The van der Waals surface area contributed by atoms with E-state index in [1.165, 1.54) is 4.90 Å². The Morgan fingerprint density at radius 3 is 2.43 bits per heavy atom. The number of piperidine rings is 1. The quantitative estimate of drug-likeness (QED) is 0.506. The Morgan fingerprint density at radius 2 is 1.77 bits per heavy atom. The molecule has 10 heteroatoms. The Kier molecular flexibility index (Phi) is 7.17. The second-order valence-electron chi connectivity index (χ2n) is 7.34. The predicted molar refractivity (Wildman–Crippen MR) is 112 cm³/mol. The molecule has 0 aliphatic carbocycles. The van der Waals surface area contributed by atoms with Crippen molar-refractivity contribution < 1.29 is 14.4 Å². The van der Waals surface area contributed by atoms with Crippen molar-refractivity contribution in [2.75, 3.05) is 26.2 Å². The van der Waals surface area contributed by atoms with Crippen LogP contribution in [0.2, 0.25) is 0 Å². The Bertz CT molecular complexity index is 890. The van der Waals surface area contributed by atoms with Gasteiger partial charge in [0.05, 0.1) is 23.4 Å². The Morgan fingerprint density at radius 1 is 1.10 bits per heavy atom. The summed E-state index contributed by atoms with van der Waals surface area (Å²) in [5, 5.41) is 14.2. The number of benzene rings is 1. The molecule has 0 atom stereocenters. The number of rotatable bonds is 7. The summed E-state index contributed by atoms with van der Waals surface area (Å²) in [6.45, 7) is 2.68. The van der Waals surface area contributed by atoms with E-state index in [0.717, 1.165) is 25.9 Å². The zero-order valence-corrected chi connectivity index (χ0v) is 17.4. The zero-order valence-electron chi connectivity index (χ0n) is 16.5. The van der Waals surface area contributed by atoms with Gasteiger partial charge in [0, 0.05) is 13.1 Å². The molecule has 0 spiro atoms. The summed E-state index contributed by atoms with van der Waals surface area (Å²) in [6.07, 6.45) is 4.92. The number of amides is 3. The molecule has 9 nitrogen and oxygen atoms in total. The number of nitrogens with zero attached hydrogens (tertiary/aromatic N) is 4. The fourth-order valence-corrected chi connectivity index (χ4v) is 3.76. The fraction of sp³-hybridized carbons (Fsp3) is 0.450. The Hall–Kier alpha value is -2.78. The first-order chi connectivity index (χ1) is 14.1. The van der Waals surface area contributed by atoms with Gasteiger partial charge in [-0.25, -0.2) is 4.68 Å². The SMILES string of the molecule is Cl.O=C(NCCCCN1C(=O)c2ccccc2C1=O)c1cn(C2CCNCC2)nn1. The highest BCUT2D eigenvalue weighted by atomic mass is 35.5. The van der Waals surface area contributed by atoms with Crippen LogP contribution in [-0.2, 0) is 0 Å². The van der Waals surface area contributed by atoms with Gasteiger partial charge in [0.2, 0.25) is 0 Å². The second kappa shape index (κ2) is 9.82. The number of nitrogens with one attached hydrogen (secondary N) is 2. The smallest absolute Gasteiger partial charge is 0.273 e. The van der Waals surface area contributed by atoms with Gasteiger partial charge in [-0.3, -0.25) is 19.3 Å². The van der Waals surface area contributed by atoms with Crippen LogP contribution in [0.5, 0.6) is 0 Å². The van der Waals surface area contributed by atoms with Gasteiger partial charge in [-0.1, -0.05) is 17.3 Å². The first-order valence-corrected chi connectivity index (χ1v) is 10.0. The van der Waals surface area contributed by atoms with Crippen molar-refractivity contribution >= 4 is 30.1 Å². The summed E-state index contributed by atoms with van der Waals surface area (Å²) in [7, 11) is 0. The molecular formula is C20H25ClN6O3. The highest BCUT2D eigenvalue weighted by molar-refractivity contribution is 6.21. The van der Waals surface area contributed by atoms with Crippen molar-refractivity contribution in [3.8, 4) is 0 Å². The van der Waals surface area contributed by atoms with E-state index in [4.69, 9.17) is 0 Å². The van der Waals surface area contributed by atoms with Crippen molar-refractivity contribution in [2.24, 2.45) is 0 Å². The molecule has 4 rings (SSSR count). The summed E-state index contributed by atoms with van der Waals surface area (Å²) in [5.41, 5.74) is 1.23. The Balaban J connectivity index is 0.00000256. The summed E-state index contributed by atoms with van der Waals surface area (Å²) < 4.78 is 1.78. The maximum atomic E-state index is 12.3. The molecule has 3 amide bonds. The molecule has 0 radical (unpaired) electrons. The van der Waals surface area contributed by atoms with E-state index in [2.05, 4.69) is 20.9 Å². The highest BCUT2D eigenvalue weighted by Gasteiger charge is 2.34. The third-order valence-corrected chi connectivity index (χ3v) is 5.40. The molecule has 3 heterocycles. The number of unbranched alkanes of at least 4 members (excludes halogenated alkanes) is 1. The van der Waals surface area contributed by atoms with Crippen LogP contribution >= 0.6 is 12.4 Å². The summed E-state index contributed by atoms with van der Waals surface area (Å²) in [4.78, 5) is 38.2. The molecule has 1 fully saturated rings. The van der Waals surface area contributed by atoms with Gasteiger partial charge in [-0.15, -0.1) is 17.5 Å². The number of imide groups is 1. The molecule has 1 aromatic heterocycles. The van der Waals surface area contributed by atoms with Crippen LogP contribution in [0.25, 0.3) is 0 Å². The first kappa shape index (κ1) is 21.9. The highest BCUT2D eigenvalue weighted by Crippen LogP contribution is 2.22. The number of carbonyl (C=O) groups is 3.